The molecule has 0 aliphatic rings. The molecule has 0 aliphatic heterocycles. The number of benzene rings is 2. The van der Waals surface area contributed by atoms with E-state index in [-0.39, 0.29) is 17.0 Å². The number of amides is 1. The number of carbonyl (C=O) groups is 1. The highest BCUT2D eigenvalue weighted by Crippen LogP contribution is 2.19. The van der Waals surface area contributed by atoms with Crippen LogP contribution >= 0.6 is 11.6 Å². The molecule has 0 radical (unpaired) electrons. The van der Waals surface area contributed by atoms with Crippen LogP contribution in [0.4, 0.5) is 10.1 Å². The fraction of sp³-hybridized carbons (Fsp3) is 0.235. The van der Waals surface area contributed by atoms with E-state index in [4.69, 9.17) is 11.6 Å². The van der Waals surface area contributed by atoms with Gasteiger partial charge in [-0.05, 0) is 37.6 Å². The Morgan fingerprint density at radius 1 is 1.14 bits per heavy atom. The van der Waals surface area contributed by atoms with Crippen LogP contribution in [0, 0.1) is 5.82 Å². The molecule has 22 heavy (non-hydrogen) atoms. The normalized spacial score (nSPS) is 13.5. The lowest BCUT2D eigenvalue weighted by molar-refractivity contribution is -0.117. The van der Waals surface area contributed by atoms with E-state index in [2.05, 4.69) is 10.6 Å². The predicted molar refractivity (Wildman–Crippen MR) is 87.5 cm³/mol. The first-order valence-electron chi connectivity index (χ1n) is 7.04. The highest BCUT2D eigenvalue weighted by atomic mass is 35.5. The summed E-state index contributed by atoms with van der Waals surface area (Å²) in [6.45, 7) is 3.77. The van der Waals surface area contributed by atoms with Crippen LogP contribution in [0.15, 0.2) is 48.5 Å². The standard InChI is InChI=1S/C17H18ClFN2O/c1-11(13-6-4-3-5-7-13)20-12(2)17(22)21-14-8-9-16(19)15(18)10-14/h3-12,20H,1-2H3,(H,21,22)/t11-,12+/m1/s1. The number of hydrogen-bond acceptors (Lipinski definition) is 2. The molecule has 2 aromatic carbocycles. The summed E-state index contributed by atoms with van der Waals surface area (Å²) in [7, 11) is 0. The maximum atomic E-state index is 13.1. The van der Waals surface area contributed by atoms with Gasteiger partial charge >= 0.3 is 0 Å². The highest BCUT2D eigenvalue weighted by molar-refractivity contribution is 6.31. The van der Waals surface area contributed by atoms with Crippen LogP contribution in [-0.2, 0) is 4.79 Å². The molecule has 2 rings (SSSR count). The lowest BCUT2D eigenvalue weighted by Crippen LogP contribution is -2.39. The second-order valence-corrected chi connectivity index (χ2v) is 5.55. The van der Waals surface area contributed by atoms with Crippen molar-refractivity contribution in [2.45, 2.75) is 25.9 Å². The number of carbonyl (C=O) groups excluding carboxylic acids is 1. The van der Waals surface area contributed by atoms with Crippen molar-refractivity contribution < 1.29 is 9.18 Å². The lowest BCUT2D eigenvalue weighted by Gasteiger charge is -2.20. The van der Waals surface area contributed by atoms with Gasteiger partial charge in [-0.25, -0.2) is 4.39 Å². The molecule has 5 heteroatoms. The van der Waals surface area contributed by atoms with Gasteiger partial charge in [-0.1, -0.05) is 41.9 Å². The molecule has 0 aliphatic carbocycles. The molecule has 0 spiro atoms. The van der Waals surface area contributed by atoms with Gasteiger partial charge in [0.1, 0.15) is 5.82 Å². The Hall–Kier alpha value is -1.91. The van der Waals surface area contributed by atoms with E-state index in [1.807, 2.05) is 37.3 Å². The predicted octanol–water partition coefficient (Wildman–Crippen LogP) is 4.16. The summed E-state index contributed by atoms with van der Waals surface area (Å²) in [5.74, 6) is -0.714. The highest BCUT2D eigenvalue weighted by Gasteiger charge is 2.16. The van der Waals surface area contributed by atoms with Crippen molar-refractivity contribution in [2.24, 2.45) is 0 Å². The van der Waals surface area contributed by atoms with Gasteiger partial charge in [0.2, 0.25) is 5.91 Å². The average molecular weight is 321 g/mol. The Morgan fingerprint density at radius 2 is 1.82 bits per heavy atom. The summed E-state index contributed by atoms with van der Waals surface area (Å²) < 4.78 is 13.1. The molecule has 0 aromatic heterocycles. The van der Waals surface area contributed by atoms with Gasteiger partial charge in [0.05, 0.1) is 11.1 Å². The minimum atomic E-state index is -0.511. The first-order chi connectivity index (χ1) is 10.5. The van der Waals surface area contributed by atoms with Crippen LogP contribution in [0.2, 0.25) is 5.02 Å². The minimum absolute atomic E-state index is 0.0175. The van der Waals surface area contributed by atoms with Gasteiger partial charge in [0.15, 0.2) is 0 Å². The van der Waals surface area contributed by atoms with Crippen molar-refractivity contribution in [1.82, 2.24) is 5.32 Å². The Morgan fingerprint density at radius 3 is 2.45 bits per heavy atom. The van der Waals surface area contributed by atoms with Crippen molar-refractivity contribution >= 4 is 23.2 Å². The molecule has 0 bridgehead atoms. The van der Waals surface area contributed by atoms with Crippen LogP contribution in [-0.4, -0.2) is 11.9 Å². The topological polar surface area (TPSA) is 41.1 Å². The largest absolute Gasteiger partial charge is 0.325 e. The van der Waals surface area contributed by atoms with E-state index in [9.17, 15) is 9.18 Å². The van der Waals surface area contributed by atoms with E-state index in [0.29, 0.717) is 5.69 Å². The van der Waals surface area contributed by atoms with E-state index in [0.717, 1.165) is 5.56 Å². The zero-order valence-electron chi connectivity index (χ0n) is 12.4. The molecular formula is C17H18ClFN2O. The van der Waals surface area contributed by atoms with Crippen LogP contribution in [0.5, 0.6) is 0 Å². The number of anilines is 1. The monoisotopic (exact) mass is 320 g/mol. The average Bonchev–Trinajstić information content (AvgIpc) is 2.51. The Balaban J connectivity index is 1.95. The molecule has 2 N–H and O–H groups in total. The maximum Gasteiger partial charge on any atom is 0.241 e. The van der Waals surface area contributed by atoms with Crippen molar-refractivity contribution in [2.75, 3.05) is 5.32 Å². The van der Waals surface area contributed by atoms with Gasteiger partial charge < -0.3 is 5.32 Å². The third-order valence-corrected chi connectivity index (χ3v) is 3.67. The maximum absolute atomic E-state index is 13.1. The van der Waals surface area contributed by atoms with E-state index < -0.39 is 11.9 Å². The molecular weight excluding hydrogens is 303 g/mol. The molecule has 0 saturated carbocycles. The van der Waals surface area contributed by atoms with E-state index >= 15 is 0 Å². The number of rotatable bonds is 5. The van der Waals surface area contributed by atoms with E-state index in [1.54, 1.807) is 6.92 Å². The second kappa shape index (κ2) is 7.38. The van der Waals surface area contributed by atoms with Gasteiger partial charge in [0, 0.05) is 11.7 Å². The third-order valence-electron chi connectivity index (χ3n) is 3.38. The van der Waals surface area contributed by atoms with E-state index in [1.165, 1.54) is 18.2 Å². The fourth-order valence-electron chi connectivity index (χ4n) is 2.11. The zero-order valence-corrected chi connectivity index (χ0v) is 13.2. The summed E-state index contributed by atoms with van der Waals surface area (Å²) in [6, 6.07) is 13.6. The van der Waals surface area contributed by atoms with Crippen LogP contribution in [0.1, 0.15) is 25.5 Å². The molecule has 116 valence electrons. The molecule has 3 nitrogen and oxygen atoms in total. The first-order valence-corrected chi connectivity index (χ1v) is 7.42. The fourth-order valence-corrected chi connectivity index (χ4v) is 2.29. The summed E-state index contributed by atoms with van der Waals surface area (Å²) in [5, 5.41) is 5.92. The van der Waals surface area contributed by atoms with Crippen LogP contribution < -0.4 is 10.6 Å². The minimum Gasteiger partial charge on any atom is -0.325 e. The smallest absolute Gasteiger partial charge is 0.241 e. The number of hydrogen-bond donors (Lipinski definition) is 2. The van der Waals surface area contributed by atoms with Crippen molar-refractivity contribution in [3.63, 3.8) is 0 Å². The third kappa shape index (κ3) is 4.29. The Kier molecular flexibility index (Phi) is 5.52. The molecule has 2 aromatic rings. The molecule has 1 amide bonds. The Labute approximate surface area is 134 Å². The molecule has 0 unspecified atom stereocenters. The van der Waals surface area contributed by atoms with Crippen molar-refractivity contribution in [3.8, 4) is 0 Å². The summed E-state index contributed by atoms with van der Waals surface area (Å²) >= 11 is 5.70. The first kappa shape index (κ1) is 16.5. The number of nitrogens with one attached hydrogen (secondary N) is 2. The van der Waals surface area contributed by atoms with Gasteiger partial charge in [-0.2, -0.15) is 0 Å². The van der Waals surface area contributed by atoms with Crippen molar-refractivity contribution in [1.29, 1.82) is 0 Å². The molecule has 2 atom stereocenters. The van der Waals surface area contributed by atoms with Crippen LogP contribution in [0.25, 0.3) is 0 Å². The molecule has 0 saturated heterocycles. The number of halogens is 2. The summed E-state index contributed by atoms with van der Waals surface area (Å²) in [6.07, 6.45) is 0. The summed E-state index contributed by atoms with van der Waals surface area (Å²) in [4.78, 5) is 12.2. The Bertz CT molecular complexity index is 648. The van der Waals surface area contributed by atoms with Gasteiger partial charge in [0.25, 0.3) is 0 Å². The van der Waals surface area contributed by atoms with Crippen molar-refractivity contribution in [3.05, 3.63) is 64.9 Å². The second-order valence-electron chi connectivity index (χ2n) is 5.14. The van der Waals surface area contributed by atoms with Crippen LogP contribution in [0.3, 0.4) is 0 Å². The van der Waals surface area contributed by atoms with Gasteiger partial charge in [-0.3, -0.25) is 10.1 Å². The SMILES string of the molecule is C[C@H](N[C@H](C)c1ccccc1)C(=O)Nc1ccc(F)c(Cl)c1. The molecule has 0 heterocycles. The summed E-state index contributed by atoms with van der Waals surface area (Å²) in [5.41, 5.74) is 1.57. The van der Waals surface area contributed by atoms with Gasteiger partial charge in [-0.15, -0.1) is 0 Å². The zero-order chi connectivity index (χ0) is 16.1. The lowest BCUT2D eigenvalue weighted by atomic mass is 10.1. The molecule has 0 fully saturated rings. The quantitative estimate of drug-likeness (QED) is 0.868.